The molecule has 12 nitrogen and oxygen atoms in total. The van der Waals surface area contributed by atoms with E-state index in [4.69, 9.17) is 14.0 Å². The van der Waals surface area contributed by atoms with E-state index in [0.717, 1.165) is 38.5 Å². The predicted octanol–water partition coefficient (Wildman–Crippen LogP) is 3.69. The van der Waals surface area contributed by atoms with Crippen molar-refractivity contribution in [3.05, 3.63) is 41.0 Å². The number of aliphatic hydroxyl groups excluding tert-OH is 1. The van der Waals surface area contributed by atoms with Gasteiger partial charge in [-0.2, -0.15) is 0 Å². The Morgan fingerprint density at radius 3 is 2.69 bits per heavy atom. The summed E-state index contributed by atoms with van der Waals surface area (Å²) in [6, 6.07) is 6.63. The third kappa shape index (κ3) is 6.68. The number of aliphatic hydroxyl groups is 1. The van der Waals surface area contributed by atoms with Gasteiger partial charge >= 0.3 is 0 Å². The van der Waals surface area contributed by atoms with Crippen LogP contribution < -0.4 is 20.7 Å². The molecule has 0 atom stereocenters. The number of carbonyl (C=O) groups is 3. The maximum atomic E-state index is 13.3. The van der Waals surface area contributed by atoms with E-state index in [0.29, 0.717) is 45.9 Å². The number of likely N-dealkylation sites (tertiary alicyclic amines) is 1. The number of nitrogens with zero attached hydrogens (tertiary/aromatic N) is 4. The highest BCUT2D eigenvalue weighted by Crippen LogP contribution is 2.40. The van der Waals surface area contributed by atoms with Crippen LogP contribution in [0.2, 0.25) is 0 Å². The summed E-state index contributed by atoms with van der Waals surface area (Å²) in [6.45, 7) is -1.26. The Morgan fingerprint density at radius 2 is 1.98 bits per heavy atom. The largest absolute Gasteiger partial charge is 0.494 e. The summed E-state index contributed by atoms with van der Waals surface area (Å²) in [4.78, 5) is 45.3. The number of amides is 3. The molecule has 0 unspecified atom stereocenters. The van der Waals surface area contributed by atoms with Crippen molar-refractivity contribution in [3.63, 3.8) is 0 Å². The summed E-state index contributed by atoms with van der Waals surface area (Å²) >= 11 is 1.24. The monoisotopic (exact) mass is 596 g/mol. The normalized spacial score (nSPS) is 16.6. The molecule has 3 amide bonds. The molecule has 3 aromatic rings. The second-order valence-corrected chi connectivity index (χ2v) is 11.4. The summed E-state index contributed by atoms with van der Waals surface area (Å²) in [5.41, 5.74) is 0.779. The van der Waals surface area contributed by atoms with Crippen molar-refractivity contribution in [1.29, 1.82) is 0 Å². The van der Waals surface area contributed by atoms with E-state index < -0.39 is 12.9 Å². The number of rotatable bonds is 11. The lowest BCUT2D eigenvalue weighted by atomic mass is 9.92. The zero-order valence-corrected chi connectivity index (χ0v) is 24.0. The number of anilines is 3. The Kier molecular flexibility index (Phi) is 8.08. The number of methoxy groups -OCH3 is 1. The third-order valence-corrected chi connectivity index (χ3v) is 8.45. The van der Waals surface area contributed by atoms with Crippen molar-refractivity contribution in [2.75, 3.05) is 44.4 Å². The Morgan fingerprint density at radius 1 is 1.17 bits per heavy atom. The van der Waals surface area contributed by atoms with Gasteiger partial charge in [0.05, 0.1) is 30.2 Å². The minimum Gasteiger partial charge on any atom is -0.494 e. The van der Waals surface area contributed by atoms with Gasteiger partial charge in [-0.15, -0.1) is 21.5 Å². The molecule has 1 aromatic carbocycles. The van der Waals surface area contributed by atoms with Crippen LogP contribution in [0.4, 0.5) is 17.2 Å². The van der Waals surface area contributed by atoms with E-state index in [1.807, 2.05) is 10.2 Å². The molecule has 1 aliphatic heterocycles. The van der Waals surface area contributed by atoms with Gasteiger partial charge in [-0.3, -0.25) is 14.4 Å². The van der Waals surface area contributed by atoms with Crippen molar-refractivity contribution in [1.82, 2.24) is 25.4 Å². The molecule has 2 aliphatic rings. The first-order chi connectivity index (χ1) is 21.6. The zero-order chi connectivity index (χ0) is 32.1. The van der Waals surface area contributed by atoms with Gasteiger partial charge in [-0.05, 0) is 56.6 Å². The molecule has 2 fully saturated rings. The molecule has 2 aromatic heterocycles. The smallest absolute Gasteiger partial charge is 0.273 e. The lowest BCUT2D eigenvalue weighted by Crippen LogP contribution is -2.38. The quantitative estimate of drug-likeness (QED) is 0.259. The maximum absolute atomic E-state index is 13.3. The van der Waals surface area contributed by atoms with Crippen molar-refractivity contribution < 1.29 is 28.3 Å². The molecule has 13 heteroatoms. The second kappa shape index (κ2) is 13.3. The third-order valence-electron chi connectivity index (χ3n) is 7.43. The van der Waals surface area contributed by atoms with Crippen LogP contribution in [0.25, 0.3) is 10.6 Å². The summed E-state index contributed by atoms with van der Waals surface area (Å²) in [6.07, 6.45) is 6.66. The number of thiazole rings is 1. The molecule has 0 spiro atoms. The van der Waals surface area contributed by atoms with Crippen molar-refractivity contribution in [3.8, 4) is 16.3 Å². The molecule has 0 radical (unpaired) electrons. The molecule has 3 heterocycles. The van der Waals surface area contributed by atoms with E-state index in [1.165, 1.54) is 24.5 Å². The Bertz CT molecular complexity index is 1560. The van der Waals surface area contributed by atoms with Gasteiger partial charge in [0, 0.05) is 42.8 Å². The zero-order valence-electron chi connectivity index (χ0n) is 26.2. The average molecular weight is 597 g/mol. The fourth-order valence-electron chi connectivity index (χ4n) is 4.98. The summed E-state index contributed by atoms with van der Waals surface area (Å²) in [5.74, 6) is -0.415. The maximum Gasteiger partial charge on any atom is 0.273 e. The molecular weight excluding hydrogens is 558 g/mol. The van der Waals surface area contributed by atoms with Gasteiger partial charge in [0.2, 0.25) is 5.91 Å². The van der Waals surface area contributed by atoms with Crippen molar-refractivity contribution in [2.45, 2.75) is 38.5 Å². The van der Waals surface area contributed by atoms with Crippen LogP contribution in [0, 0.1) is 11.8 Å². The number of piperidine rings is 1. The number of benzene rings is 1. The highest BCUT2D eigenvalue weighted by atomic mass is 32.1. The highest BCUT2D eigenvalue weighted by Gasteiger charge is 2.30. The standard InChI is InChI=1S/C29H35N7O5S/c1-30-27(39)24-21(15-23(34-35-24)33-26(38)18-8-9-18)32-20-7-3-6-19(25(20)41-2)28-31-16-22(42-28)29(40)36-12-10-17(11-13-36)5-4-14-37/h3,6-7,15-18,37H,4-5,8-14H2,1-2H3,(H,30,39)(H2,32,33,34,38)/i1D3. The molecule has 222 valence electrons. The number of aromatic nitrogens is 3. The molecule has 0 bridgehead atoms. The van der Waals surface area contributed by atoms with Gasteiger partial charge in [0.15, 0.2) is 17.3 Å². The summed E-state index contributed by atoms with van der Waals surface area (Å²) in [7, 11) is 1.47. The summed E-state index contributed by atoms with van der Waals surface area (Å²) < 4.78 is 28.0. The molecule has 1 saturated carbocycles. The number of para-hydroxylation sites is 1. The van der Waals surface area contributed by atoms with Gasteiger partial charge in [-0.1, -0.05) is 6.07 Å². The van der Waals surface area contributed by atoms with Crippen LogP contribution in [-0.2, 0) is 4.79 Å². The lowest BCUT2D eigenvalue weighted by Gasteiger charge is -2.31. The SMILES string of the molecule is [2H]C([2H])([2H])NC(=O)c1nnc(NC(=O)C2CC2)cc1Nc1cccc(-c2ncc(C(=O)N3CCC(CCCO)CC3)s2)c1OC. The van der Waals surface area contributed by atoms with Gasteiger partial charge in [0.25, 0.3) is 11.8 Å². The first-order valence-electron chi connectivity index (χ1n) is 15.4. The minimum absolute atomic E-state index is 0.0823. The molecule has 1 aliphatic carbocycles. The topological polar surface area (TPSA) is 159 Å². The van der Waals surface area contributed by atoms with Crippen LogP contribution in [0.3, 0.4) is 0 Å². The Hall–Kier alpha value is -4.10. The van der Waals surface area contributed by atoms with Crippen LogP contribution in [0.1, 0.15) is 62.8 Å². The number of hydrogen-bond donors (Lipinski definition) is 4. The molecule has 42 heavy (non-hydrogen) atoms. The Balaban J connectivity index is 1.38. The second-order valence-electron chi connectivity index (χ2n) is 10.4. The van der Waals surface area contributed by atoms with Crippen molar-refractivity contribution >= 4 is 46.3 Å². The summed E-state index contributed by atoms with van der Waals surface area (Å²) in [5, 5.41) is 25.2. The predicted molar refractivity (Wildman–Crippen MR) is 159 cm³/mol. The number of hydrogen-bond acceptors (Lipinski definition) is 10. The highest BCUT2D eigenvalue weighted by molar-refractivity contribution is 7.17. The first kappa shape index (κ1) is 25.6. The first-order valence-corrected chi connectivity index (χ1v) is 14.7. The van der Waals surface area contributed by atoms with Gasteiger partial charge in [-0.25, -0.2) is 4.98 Å². The van der Waals surface area contributed by atoms with Gasteiger partial charge < -0.3 is 30.7 Å². The van der Waals surface area contributed by atoms with Crippen LogP contribution in [-0.4, -0.2) is 76.7 Å². The molecule has 5 rings (SSSR count). The van der Waals surface area contributed by atoms with E-state index in [-0.39, 0.29) is 41.5 Å². The number of carbonyl (C=O) groups excluding carboxylic acids is 3. The molecule has 1 saturated heterocycles. The lowest BCUT2D eigenvalue weighted by molar-refractivity contribution is -0.117. The Labute approximate surface area is 252 Å². The van der Waals surface area contributed by atoms with Crippen molar-refractivity contribution in [2.24, 2.45) is 11.8 Å². The van der Waals surface area contributed by atoms with E-state index in [2.05, 4.69) is 25.8 Å². The number of nitrogens with one attached hydrogen (secondary N) is 3. The minimum atomic E-state index is -2.76. The molecule has 4 N–H and O–H groups in total. The van der Waals surface area contributed by atoms with E-state index in [1.54, 1.807) is 24.4 Å². The van der Waals surface area contributed by atoms with Gasteiger partial charge in [0.1, 0.15) is 9.88 Å². The van der Waals surface area contributed by atoms with Crippen LogP contribution >= 0.6 is 11.3 Å². The fraction of sp³-hybridized carbons (Fsp3) is 0.448. The van der Waals surface area contributed by atoms with E-state index >= 15 is 0 Å². The van der Waals surface area contributed by atoms with E-state index in [9.17, 15) is 14.4 Å². The molecular formula is C29H35N7O5S. The number of ether oxygens (including phenoxy) is 1. The fourth-order valence-corrected chi connectivity index (χ4v) is 5.88. The average Bonchev–Trinajstić information content (AvgIpc) is 3.75. The van der Waals surface area contributed by atoms with Crippen LogP contribution in [0.15, 0.2) is 30.5 Å². The van der Waals surface area contributed by atoms with Crippen LogP contribution in [0.5, 0.6) is 5.75 Å².